The van der Waals surface area contributed by atoms with Gasteiger partial charge in [0.25, 0.3) is 5.56 Å². The van der Waals surface area contributed by atoms with Crippen molar-refractivity contribution >= 4 is 17.6 Å². The first kappa shape index (κ1) is 17.0. The van der Waals surface area contributed by atoms with E-state index in [2.05, 4.69) is 15.6 Å². The minimum atomic E-state index is -0.477. The van der Waals surface area contributed by atoms with Crippen LogP contribution in [0.15, 0.2) is 64.4 Å². The molecule has 0 fully saturated rings. The van der Waals surface area contributed by atoms with E-state index in [1.165, 1.54) is 6.07 Å². The normalized spacial score (nSPS) is 15.5. The van der Waals surface area contributed by atoms with E-state index in [1.807, 2.05) is 69.3 Å². The second-order valence-electron chi connectivity index (χ2n) is 6.81. The summed E-state index contributed by atoms with van der Waals surface area (Å²) in [6.45, 7) is 5.88. The number of hydrogen-bond donors (Lipinski definition) is 2. The molecule has 6 nitrogen and oxygen atoms in total. The number of nitrogens with one attached hydrogen (secondary N) is 2. The van der Waals surface area contributed by atoms with Crippen LogP contribution in [0.5, 0.6) is 0 Å². The third-order valence-corrected chi connectivity index (χ3v) is 4.46. The maximum Gasteiger partial charge on any atom is 0.257 e. The summed E-state index contributed by atoms with van der Waals surface area (Å²) in [5.41, 5.74) is 4.70. The summed E-state index contributed by atoms with van der Waals surface area (Å²) in [4.78, 5) is 21.9. The number of aryl methyl sites for hydroxylation is 3. The molecule has 0 bridgehead atoms. The van der Waals surface area contributed by atoms with Crippen LogP contribution in [-0.2, 0) is 0 Å². The maximum absolute atomic E-state index is 12.6. The fraction of sp³-hybridized carbons (Fsp3) is 0.190. The highest BCUT2D eigenvalue weighted by atomic mass is 16.1. The summed E-state index contributed by atoms with van der Waals surface area (Å²) in [6.07, 6.45) is -0.477. The van der Waals surface area contributed by atoms with Crippen molar-refractivity contribution in [2.45, 2.75) is 26.9 Å². The van der Waals surface area contributed by atoms with Crippen LogP contribution in [-0.4, -0.2) is 15.5 Å². The van der Waals surface area contributed by atoms with Gasteiger partial charge >= 0.3 is 0 Å². The lowest BCUT2D eigenvalue weighted by atomic mass is 10.1. The molecular weight excluding hydrogens is 338 g/mol. The molecule has 0 saturated heterocycles. The molecule has 1 aliphatic heterocycles. The summed E-state index contributed by atoms with van der Waals surface area (Å²) < 4.78 is 1.58. The van der Waals surface area contributed by atoms with Crippen molar-refractivity contribution in [3.05, 3.63) is 87.3 Å². The van der Waals surface area contributed by atoms with E-state index in [0.717, 1.165) is 22.4 Å². The predicted molar refractivity (Wildman–Crippen MR) is 108 cm³/mol. The molecule has 1 atom stereocenters. The number of benzene rings is 2. The van der Waals surface area contributed by atoms with Crippen molar-refractivity contribution in [3.8, 4) is 0 Å². The van der Waals surface area contributed by atoms with Crippen LogP contribution in [0.1, 0.15) is 28.6 Å². The van der Waals surface area contributed by atoms with Gasteiger partial charge in [-0.25, -0.2) is 9.98 Å². The molecule has 0 saturated carbocycles. The number of aliphatic imine (C=N–C) groups is 1. The lowest BCUT2D eigenvalue weighted by Gasteiger charge is -2.27. The van der Waals surface area contributed by atoms with Gasteiger partial charge in [-0.05, 0) is 44.0 Å². The van der Waals surface area contributed by atoms with Gasteiger partial charge in [-0.15, -0.1) is 0 Å². The van der Waals surface area contributed by atoms with Crippen LogP contribution >= 0.6 is 0 Å². The van der Waals surface area contributed by atoms with Gasteiger partial charge < -0.3 is 5.32 Å². The number of hydrogen-bond acceptors (Lipinski definition) is 5. The molecule has 2 N–H and O–H groups in total. The Morgan fingerprint density at radius 3 is 2.52 bits per heavy atom. The third-order valence-electron chi connectivity index (χ3n) is 4.46. The Balaban J connectivity index is 1.80. The molecule has 6 heteroatoms. The molecule has 0 aliphatic carbocycles. The Kier molecular flexibility index (Phi) is 4.24. The SMILES string of the molecule is Cc1ccc([C@H]2N=C(Nc3cccc(C)c3)Nc3nc(C)cc(=O)n32)cc1. The number of guanidine groups is 1. The molecule has 0 amide bonds. The van der Waals surface area contributed by atoms with Crippen molar-refractivity contribution in [1.82, 2.24) is 9.55 Å². The van der Waals surface area contributed by atoms with Crippen LogP contribution in [0.3, 0.4) is 0 Å². The second-order valence-corrected chi connectivity index (χ2v) is 6.81. The zero-order valence-electron chi connectivity index (χ0n) is 15.5. The molecule has 27 heavy (non-hydrogen) atoms. The van der Waals surface area contributed by atoms with E-state index in [0.29, 0.717) is 17.6 Å². The topological polar surface area (TPSA) is 71.3 Å². The minimum absolute atomic E-state index is 0.131. The number of rotatable bonds is 2. The number of fused-ring (bicyclic) bond motifs is 1. The van der Waals surface area contributed by atoms with Crippen molar-refractivity contribution in [1.29, 1.82) is 0 Å². The zero-order valence-corrected chi connectivity index (χ0v) is 15.5. The Morgan fingerprint density at radius 2 is 1.78 bits per heavy atom. The van der Waals surface area contributed by atoms with Gasteiger partial charge in [-0.3, -0.25) is 14.7 Å². The van der Waals surface area contributed by atoms with Crippen molar-refractivity contribution in [2.75, 3.05) is 10.6 Å². The number of nitrogens with zero attached hydrogens (tertiary/aromatic N) is 3. The number of aromatic nitrogens is 2. The Morgan fingerprint density at radius 1 is 1.00 bits per heavy atom. The first-order valence-corrected chi connectivity index (χ1v) is 8.85. The zero-order chi connectivity index (χ0) is 19.0. The monoisotopic (exact) mass is 359 g/mol. The van der Waals surface area contributed by atoms with E-state index in [-0.39, 0.29) is 5.56 Å². The molecule has 4 rings (SSSR count). The highest BCUT2D eigenvalue weighted by Crippen LogP contribution is 2.26. The molecule has 3 aromatic rings. The fourth-order valence-electron chi connectivity index (χ4n) is 3.13. The summed E-state index contributed by atoms with van der Waals surface area (Å²) in [7, 11) is 0. The van der Waals surface area contributed by atoms with Crippen LogP contribution in [0, 0.1) is 20.8 Å². The lowest BCUT2D eigenvalue weighted by molar-refractivity contribution is 0.577. The fourth-order valence-corrected chi connectivity index (χ4v) is 3.13. The first-order valence-electron chi connectivity index (χ1n) is 8.85. The Labute approximate surface area is 157 Å². The molecule has 1 aromatic heterocycles. The van der Waals surface area contributed by atoms with E-state index < -0.39 is 6.17 Å². The summed E-state index contributed by atoms with van der Waals surface area (Å²) in [6, 6.07) is 17.6. The first-order chi connectivity index (χ1) is 13.0. The van der Waals surface area contributed by atoms with Crippen molar-refractivity contribution in [2.24, 2.45) is 4.99 Å². The lowest BCUT2D eigenvalue weighted by Crippen LogP contribution is -2.37. The van der Waals surface area contributed by atoms with Gasteiger partial charge in [-0.2, -0.15) is 0 Å². The highest BCUT2D eigenvalue weighted by molar-refractivity contribution is 6.03. The molecule has 136 valence electrons. The van der Waals surface area contributed by atoms with Gasteiger partial charge in [0.1, 0.15) is 0 Å². The minimum Gasteiger partial charge on any atom is -0.326 e. The highest BCUT2D eigenvalue weighted by Gasteiger charge is 2.25. The third kappa shape index (κ3) is 3.46. The maximum atomic E-state index is 12.6. The average molecular weight is 359 g/mol. The van der Waals surface area contributed by atoms with Crippen LogP contribution in [0.2, 0.25) is 0 Å². The van der Waals surface area contributed by atoms with Gasteiger partial charge in [0.05, 0.1) is 0 Å². The molecule has 0 unspecified atom stereocenters. The molecule has 0 radical (unpaired) electrons. The summed E-state index contributed by atoms with van der Waals surface area (Å²) >= 11 is 0. The van der Waals surface area contributed by atoms with Gasteiger partial charge in [0.15, 0.2) is 6.17 Å². The summed E-state index contributed by atoms with van der Waals surface area (Å²) in [5.74, 6) is 1.04. The molecule has 2 aromatic carbocycles. The molecule has 0 spiro atoms. The largest absolute Gasteiger partial charge is 0.326 e. The second kappa shape index (κ2) is 6.72. The molecular formula is C21H21N5O. The van der Waals surface area contributed by atoms with Gasteiger partial charge in [0.2, 0.25) is 11.9 Å². The van der Waals surface area contributed by atoms with Gasteiger partial charge in [0, 0.05) is 17.4 Å². The van der Waals surface area contributed by atoms with Crippen LogP contribution < -0.4 is 16.2 Å². The van der Waals surface area contributed by atoms with Crippen LogP contribution in [0.25, 0.3) is 0 Å². The predicted octanol–water partition coefficient (Wildman–Crippen LogP) is 3.61. The quantitative estimate of drug-likeness (QED) is 0.733. The Bertz CT molecular complexity index is 1080. The standard InChI is InChI=1S/C21H21N5O/c1-13-7-9-16(10-8-13)19-24-20(23-17-6-4-5-14(2)11-17)25-21-22-15(3)12-18(27)26(19)21/h4-12,19H,1-3H3,(H2,22,23,24,25)/t19-/m0/s1. The smallest absolute Gasteiger partial charge is 0.257 e. The average Bonchev–Trinajstić information content (AvgIpc) is 2.61. The Hall–Kier alpha value is -3.41. The molecule has 1 aliphatic rings. The van der Waals surface area contributed by atoms with Crippen molar-refractivity contribution in [3.63, 3.8) is 0 Å². The van der Waals surface area contributed by atoms with Crippen LogP contribution in [0.4, 0.5) is 11.6 Å². The van der Waals surface area contributed by atoms with Crippen molar-refractivity contribution < 1.29 is 0 Å². The van der Waals surface area contributed by atoms with E-state index in [9.17, 15) is 4.79 Å². The van der Waals surface area contributed by atoms with E-state index >= 15 is 0 Å². The molecule has 2 heterocycles. The van der Waals surface area contributed by atoms with Gasteiger partial charge in [-0.1, -0.05) is 42.0 Å². The van der Waals surface area contributed by atoms with E-state index in [4.69, 9.17) is 4.99 Å². The van der Waals surface area contributed by atoms with E-state index in [1.54, 1.807) is 4.57 Å². The summed E-state index contributed by atoms with van der Waals surface area (Å²) in [5, 5.41) is 6.44. The number of anilines is 2.